The molecule has 21 heavy (non-hydrogen) atoms. The van der Waals surface area contributed by atoms with Crippen molar-refractivity contribution < 1.29 is 9.90 Å². The summed E-state index contributed by atoms with van der Waals surface area (Å²) in [6, 6.07) is 11.7. The van der Waals surface area contributed by atoms with E-state index in [2.05, 4.69) is 10.4 Å². The highest BCUT2D eigenvalue weighted by atomic mass is 16.3. The van der Waals surface area contributed by atoms with Gasteiger partial charge in [0.2, 0.25) is 5.91 Å². The Bertz CT molecular complexity index is 609. The van der Waals surface area contributed by atoms with Gasteiger partial charge in [0.05, 0.1) is 24.8 Å². The fourth-order valence-electron chi connectivity index (χ4n) is 2.79. The van der Waals surface area contributed by atoms with E-state index >= 15 is 0 Å². The third-order valence-electron chi connectivity index (χ3n) is 3.96. The van der Waals surface area contributed by atoms with Crippen molar-refractivity contribution in [3.63, 3.8) is 0 Å². The summed E-state index contributed by atoms with van der Waals surface area (Å²) in [5.74, 6) is 0.253. The number of aromatic nitrogens is 2. The first-order valence-corrected chi connectivity index (χ1v) is 7.29. The van der Waals surface area contributed by atoms with Crippen molar-refractivity contribution in [2.24, 2.45) is 5.92 Å². The average molecular weight is 285 g/mol. The predicted octanol–water partition coefficient (Wildman–Crippen LogP) is 2.03. The van der Waals surface area contributed by atoms with Crippen molar-refractivity contribution in [3.05, 3.63) is 48.2 Å². The minimum atomic E-state index is -0.518. The number of carbonyl (C=O) groups excluding carboxylic acids is 1. The second-order valence-corrected chi connectivity index (χ2v) is 5.45. The lowest BCUT2D eigenvalue weighted by Crippen LogP contribution is -2.29. The van der Waals surface area contributed by atoms with E-state index < -0.39 is 6.10 Å². The van der Waals surface area contributed by atoms with Crippen LogP contribution in [-0.4, -0.2) is 26.9 Å². The van der Waals surface area contributed by atoms with Crippen LogP contribution in [0.1, 0.15) is 24.8 Å². The second-order valence-electron chi connectivity index (χ2n) is 5.45. The number of hydrogen-bond acceptors (Lipinski definition) is 3. The molecule has 1 saturated carbocycles. The van der Waals surface area contributed by atoms with Crippen LogP contribution in [0.5, 0.6) is 0 Å². The van der Waals surface area contributed by atoms with Crippen LogP contribution < -0.4 is 5.32 Å². The highest BCUT2D eigenvalue weighted by molar-refractivity contribution is 5.92. The molecule has 0 aliphatic heterocycles. The minimum Gasteiger partial charge on any atom is -0.392 e. The minimum absolute atomic E-state index is 0.116. The summed E-state index contributed by atoms with van der Waals surface area (Å²) in [5.41, 5.74) is 1.12. The van der Waals surface area contributed by atoms with Gasteiger partial charge in [-0.1, -0.05) is 30.3 Å². The number of aliphatic hydroxyl groups is 1. The molecule has 110 valence electrons. The fourth-order valence-corrected chi connectivity index (χ4v) is 2.79. The normalized spacial score (nSPS) is 21.4. The molecule has 1 amide bonds. The summed E-state index contributed by atoms with van der Waals surface area (Å²) in [6.07, 6.45) is 3.52. The number of hydrogen-bond donors (Lipinski definition) is 2. The van der Waals surface area contributed by atoms with Gasteiger partial charge in [-0.3, -0.25) is 4.79 Å². The second kappa shape index (κ2) is 6.10. The van der Waals surface area contributed by atoms with E-state index in [1.165, 1.54) is 0 Å². The molecule has 1 fully saturated rings. The molecule has 2 unspecified atom stereocenters. The van der Waals surface area contributed by atoms with Gasteiger partial charge in [-0.15, -0.1) is 0 Å². The summed E-state index contributed by atoms with van der Waals surface area (Å²) >= 11 is 0. The van der Waals surface area contributed by atoms with Crippen LogP contribution in [0.2, 0.25) is 0 Å². The Kier molecular flexibility index (Phi) is 4.01. The largest absolute Gasteiger partial charge is 0.392 e. The molecule has 1 aromatic heterocycles. The highest BCUT2D eigenvalue weighted by Crippen LogP contribution is 2.26. The lowest BCUT2D eigenvalue weighted by molar-refractivity contribution is -0.122. The van der Waals surface area contributed by atoms with Crippen LogP contribution >= 0.6 is 0 Å². The topological polar surface area (TPSA) is 67.2 Å². The van der Waals surface area contributed by atoms with E-state index in [1.54, 1.807) is 16.9 Å². The summed E-state index contributed by atoms with van der Waals surface area (Å²) < 4.78 is 1.76. The van der Waals surface area contributed by atoms with Crippen molar-refractivity contribution >= 4 is 11.7 Å². The van der Waals surface area contributed by atoms with Gasteiger partial charge in [0, 0.05) is 6.07 Å². The number of nitrogens with one attached hydrogen (secondary N) is 1. The molecule has 2 atom stereocenters. The molecule has 1 heterocycles. The lowest BCUT2D eigenvalue weighted by atomic mass is 10.1. The van der Waals surface area contributed by atoms with E-state index in [4.69, 9.17) is 0 Å². The van der Waals surface area contributed by atoms with Crippen LogP contribution in [-0.2, 0) is 11.3 Å². The van der Waals surface area contributed by atoms with Crippen LogP contribution in [0.3, 0.4) is 0 Å². The van der Waals surface area contributed by atoms with E-state index in [1.807, 2.05) is 30.3 Å². The standard InChI is InChI=1S/C16H19N3O2/c20-14-8-4-7-13(14)16(21)18-15-9-10-17-19(15)11-12-5-2-1-3-6-12/h1-3,5-6,9-10,13-14,20H,4,7-8,11H2,(H,18,21). The smallest absolute Gasteiger partial charge is 0.231 e. The van der Waals surface area contributed by atoms with Gasteiger partial charge in [0.1, 0.15) is 5.82 Å². The summed E-state index contributed by atoms with van der Waals surface area (Å²) in [5, 5.41) is 16.9. The Balaban J connectivity index is 1.69. The number of aliphatic hydroxyl groups excluding tert-OH is 1. The van der Waals surface area contributed by atoms with Crippen molar-refractivity contribution in [1.82, 2.24) is 9.78 Å². The van der Waals surface area contributed by atoms with Crippen molar-refractivity contribution in [2.75, 3.05) is 5.32 Å². The predicted molar refractivity (Wildman–Crippen MR) is 79.7 cm³/mol. The molecule has 5 nitrogen and oxygen atoms in total. The number of benzene rings is 1. The van der Waals surface area contributed by atoms with Crippen molar-refractivity contribution in [2.45, 2.75) is 31.9 Å². The van der Waals surface area contributed by atoms with Gasteiger partial charge in [0.15, 0.2) is 0 Å². The van der Waals surface area contributed by atoms with Crippen molar-refractivity contribution in [1.29, 1.82) is 0 Å². The van der Waals surface area contributed by atoms with Crippen molar-refractivity contribution in [3.8, 4) is 0 Å². The molecule has 0 radical (unpaired) electrons. The molecule has 2 N–H and O–H groups in total. The summed E-state index contributed by atoms with van der Waals surface area (Å²) in [7, 11) is 0. The molecule has 1 aromatic carbocycles. The van der Waals surface area contributed by atoms with Gasteiger partial charge in [-0.05, 0) is 24.8 Å². The lowest BCUT2D eigenvalue weighted by Gasteiger charge is -2.15. The zero-order valence-electron chi connectivity index (χ0n) is 11.8. The monoisotopic (exact) mass is 285 g/mol. The van der Waals surface area contributed by atoms with Gasteiger partial charge in [-0.2, -0.15) is 5.10 Å². The molecule has 3 rings (SSSR count). The molecule has 0 bridgehead atoms. The Morgan fingerprint density at radius 3 is 2.81 bits per heavy atom. The first-order valence-electron chi connectivity index (χ1n) is 7.29. The molecule has 0 saturated heterocycles. The van der Waals surface area contributed by atoms with E-state index in [0.717, 1.165) is 18.4 Å². The van der Waals surface area contributed by atoms with Crippen LogP contribution in [0, 0.1) is 5.92 Å². The van der Waals surface area contributed by atoms with Gasteiger partial charge in [-0.25, -0.2) is 4.68 Å². The molecule has 2 aromatic rings. The Morgan fingerprint density at radius 1 is 1.29 bits per heavy atom. The van der Waals surface area contributed by atoms with E-state index in [9.17, 15) is 9.90 Å². The summed E-state index contributed by atoms with van der Waals surface area (Å²) in [6.45, 7) is 0.608. The van der Waals surface area contributed by atoms with Gasteiger partial charge in [0.25, 0.3) is 0 Å². The zero-order valence-corrected chi connectivity index (χ0v) is 11.8. The van der Waals surface area contributed by atoms with E-state index in [-0.39, 0.29) is 11.8 Å². The number of rotatable bonds is 4. The third kappa shape index (κ3) is 3.13. The molecule has 1 aliphatic carbocycles. The maximum absolute atomic E-state index is 12.2. The van der Waals surface area contributed by atoms with Crippen LogP contribution in [0.15, 0.2) is 42.6 Å². The summed E-state index contributed by atoms with van der Waals surface area (Å²) in [4.78, 5) is 12.2. The average Bonchev–Trinajstić information content (AvgIpc) is 3.10. The van der Waals surface area contributed by atoms with E-state index in [0.29, 0.717) is 18.8 Å². The Labute approximate surface area is 123 Å². The number of carbonyl (C=O) groups is 1. The molecular formula is C16H19N3O2. The molecular weight excluding hydrogens is 266 g/mol. The van der Waals surface area contributed by atoms with Gasteiger partial charge < -0.3 is 10.4 Å². The Morgan fingerprint density at radius 2 is 2.10 bits per heavy atom. The molecule has 5 heteroatoms. The molecule has 1 aliphatic rings. The maximum atomic E-state index is 12.2. The number of anilines is 1. The maximum Gasteiger partial charge on any atom is 0.231 e. The van der Waals surface area contributed by atoms with Crippen LogP contribution in [0.25, 0.3) is 0 Å². The Hall–Kier alpha value is -2.14. The quantitative estimate of drug-likeness (QED) is 0.903. The number of amides is 1. The number of nitrogens with zero attached hydrogens (tertiary/aromatic N) is 2. The third-order valence-corrected chi connectivity index (χ3v) is 3.96. The highest BCUT2D eigenvalue weighted by Gasteiger charge is 2.31. The fraction of sp³-hybridized carbons (Fsp3) is 0.375. The molecule has 0 spiro atoms. The van der Waals surface area contributed by atoms with Gasteiger partial charge >= 0.3 is 0 Å². The first-order chi connectivity index (χ1) is 10.2. The SMILES string of the molecule is O=C(Nc1ccnn1Cc1ccccc1)C1CCCC1O. The van der Waals surface area contributed by atoms with Crippen LogP contribution in [0.4, 0.5) is 5.82 Å². The zero-order chi connectivity index (χ0) is 14.7. The first kappa shape index (κ1) is 13.8.